The largest absolute Gasteiger partial charge is 0.326 e. The van der Waals surface area contributed by atoms with Gasteiger partial charge in [0.05, 0.1) is 6.07 Å². The van der Waals surface area contributed by atoms with Crippen LogP contribution in [0.1, 0.15) is 64.2 Å². The van der Waals surface area contributed by atoms with Crippen LogP contribution in [0, 0.1) is 17.2 Å². The molecule has 0 atom stereocenters. The minimum Gasteiger partial charge on any atom is -0.326 e. The summed E-state index contributed by atoms with van der Waals surface area (Å²) in [6.45, 7) is 0.288. The number of hydrogen-bond donors (Lipinski definition) is 0. The van der Waals surface area contributed by atoms with Gasteiger partial charge >= 0.3 is 0 Å². The normalized spacial score (nSPS) is 21.7. The number of nitriles is 1. The number of hydrogen-bond acceptors (Lipinski definition) is 2. The number of carbonyl (C=O) groups excluding carboxylic acids is 1. The summed E-state index contributed by atoms with van der Waals surface area (Å²) in [7, 11) is 0. The summed E-state index contributed by atoms with van der Waals surface area (Å²) in [6, 6.07) is 2.52. The Hall–Kier alpha value is -1.04. The van der Waals surface area contributed by atoms with Crippen molar-refractivity contribution >= 4 is 5.91 Å². The molecule has 0 saturated heterocycles. The molecule has 0 unspecified atom stereocenters. The molecule has 18 heavy (non-hydrogen) atoms. The van der Waals surface area contributed by atoms with Crippen molar-refractivity contribution in [2.75, 3.05) is 6.54 Å². The van der Waals surface area contributed by atoms with Crippen molar-refractivity contribution in [3.05, 3.63) is 0 Å². The van der Waals surface area contributed by atoms with E-state index in [4.69, 9.17) is 5.26 Å². The molecule has 2 aliphatic carbocycles. The summed E-state index contributed by atoms with van der Waals surface area (Å²) in [4.78, 5) is 14.2. The van der Waals surface area contributed by atoms with Crippen LogP contribution in [0.5, 0.6) is 0 Å². The topological polar surface area (TPSA) is 44.1 Å². The molecule has 0 aromatic heterocycles. The van der Waals surface area contributed by atoms with Crippen LogP contribution in [0.3, 0.4) is 0 Å². The zero-order valence-corrected chi connectivity index (χ0v) is 11.2. The van der Waals surface area contributed by atoms with Crippen LogP contribution in [-0.2, 0) is 4.79 Å². The fraction of sp³-hybridized carbons (Fsp3) is 0.867. The molecule has 0 aromatic rings. The average Bonchev–Trinajstić information content (AvgIpc) is 2.90. The van der Waals surface area contributed by atoms with Gasteiger partial charge in [-0.2, -0.15) is 5.26 Å². The first-order chi connectivity index (χ1) is 8.81. The lowest BCUT2D eigenvalue weighted by Crippen LogP contribution is -2.40. The van der Waals surface area contributed by atoms with Gasteiger partial charge in [-0.3, -0.25) is 4.79 Å². The Bertz CT molecular complexity index is 309. The zero-order valence-electron chi connectivity index (χ0n) is 11.2. The molecule has 100 valence electrons. The maximum atomic E-state index is 12.4. The summed E-state index contributed by atoms with van der Waals surface area (Å²) in [5.74, 6) is 0.809. The molecule has 0 aromatic carbocycles. The van der Waals surface area contributed by atoms with Gasteiger partial charge in [-0.05, 0) is 31.6 Å². The fourth-order valence-electron chi connectivity index (χ4n) is 3.47. The van der Waals surface area contributed by atoms with E-state index >= 15 is 0 Å². The Morgan fingerprint density at radius 3 is 2.28 bits per heavy atom. The second kappa shape index (κ2) is 6.78. The predicted molar refractivity (Wildman–Crippen MR) is 70.8 cm³/mol. The minimum absolute atomic E-state index is 0.232. The molecule has 0 heterocycles. The van der Waals surface area contributed by atoms with Crippen LogP contribution in [-0.4, -0.2) is 23.4 Å². The van der Waals surface area contributed by atoms with E-state index in [0.717, 1.165) is 12.8 Å². The van der Waals surface area contributed by atoms with Crippen molar-refractivity contribution in [1.82, 2.24) is 4.90 Å². The van der Waals surface area contributed by atoms with Crippen LogP contribution >= 0.6 is 0 Å². The summed E-state index contributed by atoms with van der Waals surface area (Å²) in [5.41, 5.74) is 0. The SMILES string of the molecule is N#CCN(C(=O)CC1CCCCC1)C1CCCC1. The smallest absolute Gasteiger partial charge is 0.223 e. The van der Waals surface area contributed by atoms with E-state index in [0.29, 0.717) is 18.4 Å². The van der Waals surface area contributed by atoms with Crippen LogP contribution < -0.4 is 0 Å². The lowest BCUT2D eigenvalue weighted by molar-refractivity contribution is -0.134. The third-order valence-corrected chi connectivity index (χ3v) is 4.51. The van der Waals surface area contributed by atoms with E-state index < -0.39 is 0 Å². The third kappa shape index (κ3) is 3.48. The van der Waals surface area contributed by atoms with E-state index in [1.807, 2.05) is 4.90 Å². The molecule has 0 spiro atoms. The maximum absolute atomic E-state index is 12.4. The summed E-state index contributed by atoms with van der Waals surface area (Å²) >= 11 is 0. The Morgan fingerprint density at radius 2 is 1.67 bits per heavy atom. The molecule has 0 radical (unpaired) electrons. The van der Waals surface area contributed by atoms with Gasteiger partial charge in [-0.1, -0.05) is 32.1 Å². The first kappa shape index (κ1) is 13.4. The molecule has 2 saturated carbocycles. The summed E-state index contributed by atoms with van der Waals surface area (Å²) in [5, 5.41) is 8.91. The lowest BCUT2D eigenvalue weighted by Gasteiger charge is -2.29. The summed E-state index contributed by atoms with van der Waals surface area (Å²) in [6.07, 6.45) is 11.6. The van der Waals surface area contributed by atoms with Crippen LogP contribution in [0.15, 0.2) is 0 Å². The zero-order chi connectivity index (χ0) is 12.8. The van der Waals surface area contributed by atoms with Gasteiger partial charge in [0.15, 0.2) is 0 Å². The highest BCUT2D eigenvalue weighted by Gasteiger charge is 2.28. The molecule has 3 heteroatoms. The first-order valence-electron chi connectivity index (χ1n) is 7.47. The van der Waals surface area contributed by atoms with Gasteiger partial charge in [-0.25, -0.2) is 0 Å². The van der Waals surface area contributed by atoms with E-state index in [2.05, 4.69) is 6.07 Å². The Balaban J connectivity index is 1.88. The predicted octanol–water partition coefficient (Wildman–Crippen LogP) is 3.25. The van der Waals surface area contributed by atoms with E-state index in [1.54, 1.807) is 0 Å². The van der Waals surface area contributed by atoms with Crippen molar-refractivity contribution < 1.29 is 4.79 Å². The van der Waals surface area contributed by atoms with E-state index in [-0.39, 0.29) is 12.5 Å². The quantitative estimate of drug-likeness (QED) is 0.717. The maximum Gasteiger partial charge on any atom is 0.223 e. The Kier molecular flexibility index (Phi) is 5.04. The van der Waals surface area contributed by atoms with Gasteiger partial charge in [0.2, 0.25) is 5.91 Å². The van der Waals surface area contributed by atoms with Gasteiger partial charge in [0.25, 0.3) is 0 Å². The van der Waals surface area contributed by atoms with E-state index in [9.17, 15) is 4.79 Å². The van der Waals surface area contributed by atoms with E-state index in [1.165, 1.54) is 44.9 Å². The van der Waals surface area contributed by atoms with Crippen LogP contribution in [0.2, 0.25) is 0 Å². The van der Waals surface area contributed by atoms with Crippen molar-refractivity contribution in [2.45, 2.75) is 70.3 Å². The minimum atomic E-state index is 0.232. The first-order valence-corrected chi connectivity index (χ1v) is 7.47. The van der Waals surface area contributed by atoms with Crippen molar-refractivity contribution in [2.24, 2.45) is 5.92 Å². The van der Waals surface area contributed by atoms with Crippen molar-refractivity contribution in [3.8, 4) is 6.07 Å². The fourth-order valence-corrected chi connectivity index (χ4v) is 3.47. The molecule has 0 aliphatic heterocycles. The number of nitrogens with zero attached hydrogens (tertiary/aromatic N) is 2. The van der Waals surface area contributed by atoms with Crippen LogP contribution in [0.25, 0.3) is 0 Å². The Labute approximate surface area is 110 Å². The van der Waals surface area contributed by atoms with Gasteiger partial charge in [0.1, 0.15) is 6.54 Å². The molecule has 2 fully saturated rings. The Morgan fingerprint density at radius 1 is 1.06 bits per heavy atom. The second-order valence-electron chi connectivity index (χ2n) is 5.83. The third-order valence-electron chi connectivity index (χ3n) is 4.51. The molecule has 0 N–H and O–H groups in total. The standard InChI is InChI=1S/C15H24N2O/c16-10-11-17(14-8-4-5-9-14)15(18)12-13-6-2-1-3-7-13/h13-14H,1-9,11-12H2. The van der Waals surface area contributed by atoms with Gasteiger partial charge in [-0.15, -0.1) is 0 Å². The highest BCUT2D eigenvalue weighted by Crippen LogP contribution is 2.29. The molecular weight excluding hydrogens is 224 g/mol. The average molecular weight is 248 g/mol. The molecular formula is C15H24N2O. The number of rotatable bonds is 4. The lowest BCUT2D eigenvalue weighted by atomic mass is 9.86. The highest BCUT2D eigenvalue weighted by molar-refractivity contribution is 5.77. The van der Waals surface area contributed by atoms with Crippen molar-refractivity contribution in [1.29, 1.82) is 5.26 Å². The van der Waals surface area contributed by atoms with Gasteiger partial charge < -0.3 is 4.90 Å². The number of carbonyl (C=O) groups is 1. The molecule has 2 aliphatic rings. The van der Waals surface area contributed by atoms with Crippen LogP contribution in [0.4, 0.5) is 0 Å². The molecule has 2 rings (SSSR count). The molecule has 0 bridgehead atoms. The highest BCUT2D eigenvalue weighted by atomic mass is 16.2. The molecule has 3 nitrogen and oxygen atoms in total. The number of amides is 1. The van der Waals surface area contributed by atoms with Gasteiger partial charge in [0, 0.05) is 12.5 Å². The molecule has 1 amide bonds. The summed E-state index contributed by atoms with van der Waals surface area (Å²) < 4.78 is 0. The monoisotopic (exact) mass is 248 g/mol. The second-order valence-corrected chi connectivity index (χ2v) is 5.83. The van der Waals surface area contributed by atoms with Crippen molar-refractivity contribution in [3.63, 3.8) is 0 Å².